The van der Waals surface area contributed by atoms with Crippen LogP contribution in [0.25, 0.3) is 0 Å². The van der Waals surface area contributed by atoms with Gasteiger partial charge in [0, 0.05) is 0 Å². The summed E-state index contributed by atoms with van der Waals surface area (Å²) >= 11 is 0. The fraction of sp³-hybridized carbons (Fsp3) is 0.333. The highest BCUT2D eigenvalue weighted by Gasteiger charge is 2.27. The molecule has 0 unspecified atom stereocenters. The quantitative estimate of drug-likeness (QED) is 0.680. The smallest absolute Gasteiger partial charge is 0.266 e. The molecule has 0 saturated carbocycles. The van der Waals surface area contributed by atoms with Gasteiger partial charge in [-0.3, -0.25) is 0 Å². The third-order valence-electron chi connectivity index (χ3n) is 1.73. The summed E-state index contributed by atoms with van der Waals surface area (Å²) in [4.78, 5) is 0. The Morgan fingerprint density at radius 3 is 2.17 bits per heavy atom. The van der Waals surface area contributed by atoms with Gasteiger partial charge in [0.2, 0.25) is 0 Å². The molecule has 1 heterocycles. The number of benzene rings is 1. The maximum absolute atomic E-state index is 9.17. The lowest BCUT2D eigenvalue weighted by atomic mass is 10.3. The zero-order valence-electron chi connectivity index (χ0n) is 6.73. The van der Waals surface area contributed by atoms with Crippen molar-refractivity contribution in [3.63, 3.8) is 0 Å². The lowest BCUT2D eigenvalue weighted by molar-refractivity contribution is -0.0495. The lowest BCUT2D eigenvalue weighted by Gasteiger charge is -2.11. The van der Waals surface area contributed by atoms with Crippen LogP contribution in [-0.2, 0) is 0 Å². The van der Waals surface area contributed by atoms with Crippen molar-refractivity contribution < 1.29 is 14.6 Å². The molecular weight excluding hydrogens is 156 g/mol. The van der Waals surface area contributed by atoms with E-state index in [1.807, 2.05) is 24.3 Å². The van der Waals surface area contributed by atoms with E-state index in [9.17, 15) is 5.11 Å². The summed E-state index contributed by atoms with van der Waals surface area (Å²) in [5.41, 5.74) is 0. The average molecular weight is 166 g/mol. The number of hydrogen-bond acceptors (Lipinski definition) is 3. The second-order valence-corrected chi connectivity index (χ2v) is 2.79. The van der Waals surface area contributed by atoms with Crippen LogP contribution in [0.2, 0.25) is 0 Å². The van der Waals surface area contributed by atoms with Crippen LogP contribution in [0.15, 0.2) is 24.3 Å². The first-order chi connectivity index (χ1) is 5.77. The molecule has 3 heteroatoms. The molecule has 1 aliphatic rings. The minimum absolute atomic E-state index is 0.553. The summed E-state index contributed by atoms with van der Waals surface area (Å²) in [6.07, 6.45) is -1.17. The van der Waals surface area contributed by atoms with Crippen molar-refractivity contribution in [2.75, 3.05) is 0 Å². The van der Waals surface area contributed by atoms with E-state index >= 15 is 0 Å². The SMILES string of the molecule is C[C@H](O)C1Oc2ccccc2O1. The van der Waals surface area contributed by atoms with Crippen molar-refractivity contribution in [1.29, 1.82) is 0 Å². The van der Waals surface area contributed by atoms with E-state index in [1.54, 1.807) is 6.92 Å². The van der Waals surface area contributed by atoms with Crippen LogP contribution in [0, 0.1) is 0 Å². The van der Waals surface area contributed by atoms with Gasteiger partial charge in [0.25, 0.3) is 6.29 Å². The standard InChI is InChI=1S/C9H10O3/c1-6(10)9-11-7-4-2-3-5-8(7)12-9/h2-6,9-10H,1H3/t6-/m0/s1. The molecule has 3 nitrogen and oxygen atoms in total. The second-order valence-electron chi connectivity index (χ2n) is 2.79. The van der Waals surface area contributed by atoms with Crippen LogP contribution in [-0.4, -0.2) is 17.5 Å². The topological polar surface area (TPSA) is 38.7 Å². The first-order valence-corrected chi connectivity index (χ1v) is 3.88. The van der Waals surface area contributed by atoms with Gasteiger partial charge in [-0.1, -0.05) is 12.1 Å². The molecule has 1 aromatic carbocycles. The van der Waals surface area contributed by atoms with Crippen molar-refractivity contribution in [1.82, 2.24) is 0 Å². The van der Waals surface area contributed by atoms with Gasteiger partial charge in [0.05, 0.1) is 0 Å². The van der Waals surface area contributed by atoms with Gasteiger partial charge in [0.15, 0.2) is 11.5 Å². The highest BCUT2D eigenvalue weighted by Crippen LogP contribution is 2.34. The van der Waals surface area contributed by atoms with Crippen molar-refractivity contribution in [3.05, 3.63) is 24.3 Å². The maximum atomic E-state index is 9.17. The molecule has 0 fully saturated rings. The second kappa shape index (κ2) is 2.68. The van der Waals surface area contributed by atoms with Gasteiger partial charge in [-0.25, -0.2) is 0 Å². The summed E-state index contributed by atoms with van der Waals surface area (Å²) in [6.45, 7) is 1.64. The number of fused-ring (bicyclic) bond motifs is 1. The van der Waals surface area contributed by atoms with E-state index in [4.69, 9.17) is 9.47 Å². The van der Waals surface area contributed by atoms with E-state index in [-0.39, 0.29) is 0 Å². The van der Waals surface area contributed by atoms with Crippen molar-refractivity contribution in [3.8, 4) is 11.5 Å². The molecule has 1 N–H and O–H groups in total. The van der Waals surface area contributed by atoms with Crippen LogP contribution in [0.1, 0.15) is 6.92 Å². The van der Waals surface area contributed by atoms with Gasteiger partial charge in [0.1, 0.15) is 6.10 Å². The number of ether oxygens (including phenoxy) is 2. The molecule has 2 rings (SSSR count). The fourth-order valence-corrected chi connectivity index (χ4v) is 1.12. The van der Waals surface area contributed by atoms with Crippen LogP contribution in [0.5, 0.6) is 11.5 Å². The van der Waals surface area contributed by atoms with E-state index in [1.165, 1.54) is 0 Å². The minimum atomic E-state index is -0.614. The lowest BCUT2D eigenvalue weighted by Crippen LogP contribution is -2.30. The third-order valence-corrected chi connectivity index (χ3v) is 1.73. The Balaban J connectivity index is 2.22. The summed E-state index contributed by atoms with van der Waals surface area (Å²) in [7, 11) is 0. The average Bonchev–Trinajstić information content (AvgIpc) is 2.46. The summed E-state index contributed by atoms with van der Waals surface area (Å²) in [5, 5.41) is 9.17. The Bertz CT molecular complexity index is 258. The molecule has 1 atom stereocenters. The molecule has 0 amide bonds. The predicted octanol–water partition coefficient (Wildman–Crippen LogP) is 1.16. The number of hydrogen-bond donors (Lipinski definition) is 1. The first kappa shape index (κ1) is 7.43. The van der Waals surface area contributed by atoms with Crippen LogP contribution >= 0.6 is 0 Å². The largest absolute Gasteiger partial charge is 0.448 e. The zero-order chi connectivity index (χ0) is 8.55. The molecule has 12 heavy (non-hydrogen) atoms. The highest BCUT2D eigenvalue weighted by molar-refractivity contribution is 5.41. The van der Waals surface area contributed by atoms with Gasteiger partial charge in [-0.05, 0) is 19.1 Å². The normalized spacial score (nSPS) is 17.8. The summed E-state index contributed by atoms with van der Waals surface area (Å²) in [6, 6.07) is 7.37. The van der Waals surface area contributed by atoms with Gasteiger partial charge < -0.3 is 14.6 Å². The van der Waals surface area contributed by atoms with E-state index in [2.05, 4.69) is 0 Å². The molecule has 0 saturated heterocycles. The van der Waals surface area contributed by atoms with Crippen LogP contribution in [0.4, 0.5) is 0 Å². The van der Waals surface area contributed by atoms with Crippen LogP contribution in [0.3, 0.4) is 0 Å². The fourth-order valence-electron chi connectivity index (χ4n) is 1.12. The van der Waals surface area contributed by atoms with E-state index in [0.717, 1.165) is 0 Å². The molecule has 0 aromatic heterocycles. The minimum Gasteiger partial charge on any atom is -0.448 e. The monoisotopic (exact) mass is 166 g/mol. The van der Waals surface area contributed by atoms with Crippen molar-refractivity contribution in [2.45, 2.75) is 19.3 Å². The Kier molecular flexibility index (Phi) is 1.66. The molecule has 1 aromatic rings. The number of aliphatic hydroxyl groups is 1. The van der Waals surface area contributed by atoms with Crippen molar-refractivity contribution >= 4 is 0 Å². The number of aliphatic hydroxyl groups excluding tert-OH is 1. The molecular formula is C9H10O3. The molecule has 1 aliphatic heterocycles. The molecule has 0 bridgehead atoms. The van der Waals surface area contributed by atoms with E-state index < -0.39 is 12.4 Å². The molecule has 0 radical (unpaired) electrons. The molecule has 0 aliphatic carbocycles. The van der Waals surface area contributed by atoms with Crippen molar-refractivity contribution in [2.24, 2.45) is 0 Å². The molecule has 0 spiro atoms. The Hall–Kier alpha value is -1.22. The molecule has 64 valence electrons. The number of rotatable bonds is 1. The van der Waals surface area contributed by atoms with Crippen LogP contribution < -0.4 is 9.47 Å². The maximum Gasteiger partial charge on any atom is 0.266 e. The van der Waals surface area contributed by atoms with Gasteiger partial charge >= 0.3 is 0 Å². The summed E-state index contributed by atoms with van der Waals surface area (Å²) in [5.74, 6) is 1.40. The van der Waals surface area contributed by atoms with Gasteiger partial charge in [-0.15, -0.1) is 0 Å². The zero-order valence-corrected chi connectivity index (χ0v) is 6.73. The Morgan fingerprint density at radius 2 is 1.75 bits per heavy atom. The predicted molar refractivity (Wildman–Crippen MR) is 43.2 cm³/mol. The summed E-state index contributed by atoms with van der Waals surface area (Å²) < 4.78 is 10.6. The van der Waals surface area contributed by atoms with E-state index in [0.29, 0.717) is 11.5 Å². The first-order valence-electron chi connectivity index (χ1n) is 3.88. The third kappa shape index (κ3) is 1.12. The highest BCUT2D eigenvalue weighted by atomic mass is 16.7. The van der Waals surface area contributed by atoms with Gasteiger partial charge in [-0.2, -0.15) is 0 Å². The number of para-hydroxylation sites is 2. The Morgan fingerprint density at radius 1 is 1.25 bits per heavy atom. The Labute approximate surface area is 70.5 Å².